The molecule has 0 spiro atoms. The smallest absolute Gasteiger partial charge is 0.249 e. The quantitative estimate of drug-likeness (QED) is 0.920. The molecule has 2 amide bonds. The Morgan fingerprint density at radius 2 is 2.14 bits per heavy atom. The van der Waals surface area contributed by atoms with Gasteiger partial charge in [0.1, 0.15) is 23.4 Å². The molecule has 0 aliphatic carbocycles. The average Bonchev–Trinajstić information content (AvgIpc) is 2.88. The van der Waals surface area contributed by atoms with Gasteiger partial charge in [0, 0.05) is 0 Å². The molecule has 3 unspecified atom stereocenters. The van der Waals surface area contributed by atoms with E-state index in [1.54, 1.807) is 24.9 Å². The summed E-state index contributed by atoms with van der Waals surface area (Å²) in [6.45, 7) is 9.21. The molecule has 116 valence electrons. The van der Waals surface area contributed by atoms with E-state index in [0.717, 1.165) is 0 Å². The molecule has 1 aliphatic heterocycles. The van der Waals surface area contributed by atoms with Gasteiger partial charge >= 0.3 is 0 Å². The molecule has 6 heteroatoms. The fourth-order valence-electron chi connectivity index (χ4n) is 2.71. The lowest BCUT2D eigenvalue weighted by molar-refractivity contribution is -0.158. The van der Waals surface area contributed by atoms with Crippen molar-refractivity contribution >= 4 is 11.8 Å². The Hall–Kier alpha value is -1.85. The summed E-state index contributed by atoms with van der Waals surface area (Å²) < 4.78 is 5.54. The lowest BCUT2D eigenvalue weighted by Crippen LogP contribution is -2.69. The molecule has 1 fully saturated rings. The lowest BCUT2D eigenvalue weighted by atomic mass is 9.90. The van der Waals surface area contributed by atoms with E-state index in [1.807, 2.05) is 20.8 Å². The number of nitrogens with one attached hydrogen (secondary N) is 1. The molecule has 0 aromatic carbocycles. The predicted molar refractivity (Wildman–Crippen MR) is 77.4 cm³/mol. The van der Waals surface area contributed by atoms with E-state index in [0.29, 0.717) is 24.5 Å². The average molecular weight is 293 g/mol. The second kappa shape index (κ2) is 5.50. The summed E-state index contributed by atoms with van der Waals surface area (Å²) in [7, 11) is 0. The van der Waals surface area contributed by atoms with Gasteiger partial charge in [-0.15, -0.1) is 0 Å². The van der Waals surface area contributed by atoms with E-state index >= 15 is 0 Å². The molecule has 1 aromatic rings. The van der Waals surface area contributed by atoms with Crippen LogP contribution in [-0.2, 0) is 9.59 Å². The molecule has 1 N–H and O–H groups in total. The van der Waals surface area contributed by atoms with Crippen molar-refractivity contribution in [3.05, 3.63) is 17.8 Å². The van der Waals surface area contributed by atoms with E-state index in [1.165, 1.54) is 0 Å². The third-order valence-corrected chi connectivity index (χ3v) is 4.25. The standard InChI is InChI=1S/C15H23N3O3/c1-6-11-12(19)17-15(5,7-2)14(20)18(11)10(4)13-16-8-9(3)21-13/h8,10-11H,6-7H2,1-5H3,(H,17,19). The highest BCUT2D eigenvalue weighted by molar-refractivity contribution is 5.99. The van der Waals surface area contributed by atoms with Crippen LogP contribution >= 0.6 is 0 Å². The predicted octanol–water partition coefficient (Wildman–Crippen LogP) is 1.95. The molecule has 6 nitrogen and oxygen atoms in total. The Labute approximate surface area is 124 Å². The SMILES string of the molecule is CCC1C(=O)NC(C)(CC)C(=O)N1C(C)c1ncc(C)o1. The van der Waals surface area contributed by atoms with Crippen LogP contribution in [0.25, 0.3) is 0 Å². The van der Waals surface area contributed by atoms with Crippen molar-refractivity contribution in [2.45, 2.75) is 65.1 Å². The summed E-state index contributed by atoms with van der Waals surface area (Å²) >= 11 is 0. The number of nitrogens with zero attached hydrogens (tertiary/aromatic N) is 2. The maximum atomic E-state index is 12.9. The summed E-state index contributed by atoms with van der Waals surface area (Å²) in [5.41, 5.74) is -0.862. The maximum absolute atomic E-state index is 12.9. The van der Waals surface area contributed by atoms with Crippen LogP contribution in [0.3, 0.4) is 0 Å². The third-order valence-electron chi connectivity index (χ3n) is 4.25. The summed E-state index contributed by atoms with van der Waals surface area (Å²) in [6, 6.07) is -0.854. The van der Waals surface area contributed by atoms with Crippen molar-refractivity contribution in [2.24, 2.45) is 0 Å². The van der Waals surface area contributed by atoms with Crippen molar-refractivity contribution in [3.63, 3.8) is 0 Å². The van der Waals surface area contributed by atoms with Crippen molar-refractivity contribution in [2.75, 3.05) is 0 Å². The van der Waals surface area contributed by atoms with Crippen LogP contribution in [0.1, 0.15) is 58.2 Å². The Bertz CT molecular complexity index is 554. The number of carbonyl (C=O) groups is 2. The summed E-state index contributed by atoms with van der Waals surface area (Å²) in [5.74, 6) is 0.959. The topological polar surface area (TPSA) is 75.4 Å². The summed E-state index contributed by atoms with van der Waals surface area (Å²) in [4.78, 5) is 31.0. The van der Waals surface area contributed by atoms with Gasteiger partial charge in [-0.05, 0) is 33.6 Å². The number of carbonyl (C=O) groups excluding carboxylic acids is 2. The van der Waals surface area contributed by atoms with Crippen LogP contribution in [0, 0.1) is 6.92 Å². The highest BCUT2D eigenvalue weighted by Crippen LogP contribution is 2.31. The zero-order valence-corrected chi connectivity index (χ0v) is 13.3. The highest BCUT2D eigenvalue weighted by atomic mass is 16.4. The summed E-state index contributed by atoms with van der Waals surface area (Å²) in [5, 5.41) is 2.85. The zero-order chi connectivity index (χ0) is 15.8. The van der Waals surface area contributed by atoms with E-state index in [-0.39, 0.29) is 17.9 Å². The molecule has 3 atom stereocenters. The Morgan fingerprint density at radius 1 is 1.48 bits per heavy atom. The fourth-order valence-corrected chi connectivity index (χ4v) is 2.71. The van der Waals surface area contributed by atoms with Gasteiger partial charge in [0.15, 0.2) is 0 Å². The largest absolute Gasteiger partial charge is 0.444 e. The number of aromatic nitrogens is 1. The number of amides is 2. The molecular weight excluding hydrogens is 270 g/mol. The molecule has 0 saturated carbocycles. The molecule has 1 aliphatic rings. The van der Waals surface area contributed by atoms with Crippen molar-refractivity contribution in [3.8, 4) is 0 Å². The van der Waals surface area contributed by atoms with Crippen molar-refractivity contribution in [1.82, 2.24) is 15.2 Å². The van der Waals surface area contributed by atoms with Crippen LogP contribution in [0.4, 0.5) is 0 Å². The molecular formula is C15H23N3O3. The van der Waals surface area contributed by atoms with Crippen LogP contribution in [0.15, 0.2) is 10.6 Å². The van der Waals surface area contributed by atoms with Crippen molar-refractivity contribution < 1.29 is 14.0 Å². The Balaban J connectivity index is 2.40. The van der Waals surface area contributed by atoms with E-state index in [2.05, 4.69) is 10.3 Å². The first-order valence-electron chi connectivity index (χ1n) is 7.41. The van der Waals surface area contributed by atoms with Crippen molar-refractivity contribution in [1.29, 1.82) is 0 Å². The number of aryl methyl sites for hydroxylation is 1. The Kier molecular flexibility index (Phi) is 4.07. The molecule has 2 heterocycles. The fraction of sp³-hybridized carbons (Fsp3) is 0.667. The molecule has 0 bridgehead atoms. The molecule has 0 radical (unpaired) electrons. The maximum Gasteiger partial charge on any atom is 0.249 e. The van der Waals surface area contributed by atoms with E-state index in [4.69, 9.17) is 4.42 Å². The normalized spacial score (nSPS) is 27.7. The minimum absolute atomic E-state index is 0.0835. The minimum Gasteiger partial charge on any atom is -0.444 e. The van der Waals surface area contributed by atoms with Gasteiger partial charge in [-0.2, -0.15) is 0 Å². The van der Waals surface area contributed by atoms with Crippen LogP contribution in [0.2, 0.25) is 0 Å². The van der Waals surface area contributed by atoms with Gasteiger partial charge in [0.2, 0.25) is 17.7 Å². The first kappa shape index (κ1) is 15.5. The molecule has 1 saturated heterocycles. The van der Waals surface area contributed by atoms with Gasteiger partial charge < -0.3 is 14.6 Å². The number of oxazole rings is 1. The van der Waals surface area contributed by atoms with Gasteiger partial charge in [-0.25, -0.2) is 4.98 Å². The van der Waals surface area contributed by atoms with Gasteiger partial charge in [-0.3, -0.25) is 9.59 Å². The Morgan fingerprint density at radius 3 is 2.62 bits per heavy atom. The minimum atomic E-state index is -0.862. The number of hydrogen-bond acceptors (Lipinski definition) is 4. The van der Waals surface area contributed by atoms with Crippen LogP contribution in [-0.4, -0.2) is 33.3 Å². The van der Waals surface area contributed by atoms with Crippen LogP contribution < -0.4 is 5.32 Å². The highest BCUT2D eigenvalue weighted by Gasteiger charge is 2.48. The number of piperazine rings is 1. The first-order chi connectivity index (χ1) is 9.84. The van der Waals surface area contributed by atoms with Gasteiger partial charge in [-0.1, -0.05) is 13.8 Å². The molecule has 21 heavy (non-hydrogen) atoms. The number of rotatable bonds is 4. The van der Waals surface area contributed by atoms with Crippen LogP contribution in [0.5, 0.6) is 0 Å². The van der Waals surface area contributed by atoms with Gasteiger partial charge in [0.05, 0.1) is 6.20 Å². The van der Waals surface area contributed by atoms with E-state index < -0.39 is 11.6 Å². The summed E-state index contributed by atoms with van der Waals surface area (Å²) in [6.07, 6.45) is 2.73. The van der Waals surface area contributed by atoms with E-state index in [9.17, 15) is 9.59 Å². The second-order valence-corrected chi connectivity index (χ2v) is 5.80. The third kappa shape index (κ3) is 2.54. The monoisotopic (exact) mass is 293 g/mol. The number of hydrogen-bond donors (Lipinski definition) is 1. The second-order valence-electron chi connectivity index (χ2n) is 5.80. The molecule has 1 aromatic heterocycles. The van der Waals surface area contributed by atoms with Gasteiger partial charge in [0.25, 0.3) is 0 Å². The first-order valence-corrected chi connectivity index (χ1v) is 7.41. The zero-order valence-electron chi connectivity index (χ0n) is 13.3. The lowest BCUT2D eigenvalue weighted by Gasteiger charge is -2.45. The molecule has 2 rings (SSSR count).